The van der Waals surface area contributed by atoms with Gasteiger partial charge in [-0.3, -0.25) is 0 Å². The van der Waals surface area contributed by atoms with Gasteiger partial charge in [-0.25, -0.2) is 5.26 Å². The summed E-state index contributed by atoms with van der Waals surface area (Å²) < 4.78 is 0. The van der Waals surface area contributed by atoms with E-state index in [4.69, 9.17) is 5.26 Å². The van der Waals surface area contributed by atoms with Crippen LogP contribution >= 0.6 is 12.4 Å². The predicted molar refractivity (Wildman–Crippen MR) is 30.0 cm³/mol. The summed E-state index contributed by atoms with van der Waals surface area (Å²) in [7, 11) is 3.75. The van der Waals surface area contributed by atoms with E-state index in [9.17, 15) is 0 Å². The minimum absolute atomic E-state index is 0. The first-order valence-electron chi connectivity index (χ1n) is 1.26. The van der Waals surface area contributed by atoms with Crippen molar-refractivity contribution in [1.29, 1.82) is 5.26 Å². The number of hydrogen-bond acceptors (Lipinski definition) is 2. The van der Waals surface area contributed by atoms with E-state index in [0.717, 1.165) is 0 Å². The van der Waals surface area contributed by atoms with Crippen molar-refractivity contribution < 1.29 is 69.3 Å². The van der Waals surface area contributed by atoms with Crippen molar-refractivity contribution in [1.82, 2.24) is 5.32 Å². The molecule has 0 aromatic heterocycles. The quantitative estimate of drug-likeness (QED) is 0.446. The largest absolute Gasteiger partial charge is 1.00 e. The Morgan fingerprint density at radius 1 is 1.38 bits per heavy atom. The van der Waals surface area contributed by atoms with E-state index < -0.39 is 0 Å². The van der Waals surface area contributed by atoms with Crippen LogP contribution in [-0.2, 0) is 16.5 Å². The monoisotopic (exact) mass is 206 g/mol. The van der Waals surface area contributed by atoms with E-state index in [1.165, 1.54) is 0 Å². The van der Waals surface area contributed by atoms with E-state index in [1.807, 2.05) is 14.1 Å². The van der Waals surface area contributed by atoms with Crippen molar-refractivity contribution in [3.05, 3.63) is 0 Å². The Hall–Kier alpha value is 1.87. The first-order valence-corrected chi connectivity index (χ1v) is 1.26. The van der Waals surface area contributed by atoms with Crippen LogP contribution in [0.1, 0.15) is 1.43 Å². The van der Waals surface area contributed by atoms with Gasteiger partial charge in [0.15, 0.2) is 0 Å². The number of nitrogens with one attached hydrogen (secondary N) is 1. The summed E-state index contributed by atoms with van der Waals surface area (Å²) in [5, 5.41) is 9.25. The molecule has 0 rings (SSSR count). The molecule has 2 nitrogen and oxygen atoms in total. The Bertz CT molecular complexity index is 33.0. The third kappa shape index (κ3) is 106. The van der Waals surface area contributed by atoms with Gasteiger partial charge in [0.1, 0.15) is 0 Å². The molecule has 0 saturated heterocycles. The van der Waals surface area contributed by atoms with Gasteiger partial charge in [0.05, 0.1) is 0 Å². The van der Waals surface area contributed by atoms with Gasteiger partial charge in [-0.2, -0.15) is 0 Å². The van der Waals surface area contributed by atoms with Crippen LogP contribution in [0.15, 0.2) is 0 Å². The molecular weight excluding hydrogens is 197 g/mol. The van der Waals surface area contributed by atoms with Crippen LogP contribution in [0, 0.1) is 11.8 Å². The Balaban J connectivity index is -0.00000000357. The molecule has 0 atom stereocenters. The summed E-state index contributed by atoms with van der Waals surface area (Å²) in [6.07, 6.45) is 0. The van der Waals surface area contributed by atoms with Crippen molar-refractivity contribution in [2.24, 2.45) is 0 Å². The van der Waals surface area contributed by atoms with Gasteiger partial charge in [-0.1, -0.05) is 0 Å². The molecule has 0 saturated carbocycles. The van der Waals surface area contributed by atoms with Gasteiger partial charge in [0.2, 0.25) is 0 Å². The minimum atomic E-state index is 0. The molecule has 0 aliphatic heterocycles. The molecule has 0 aromatic carbocycles. The zero-order valence-corrected chi connectivity index (χ0v) is 10.2. The number of rotatable bonds is 0. The molecule has 0 bridgehead atoms. The third-order valence-corrected chi connectivity index (χ3v) is 0. The zero-order chi connectivity index (χ0) is 4.71. The molecular formula is C3H10ClKN2Ni. The molecule has 0 fully saturated rings. The van der Waals surface area contributed by atoms with Gasteiger partial charge in [0, 0.05) is 23.1 Å². The second-order valence-corrected chi connectivity index (χ2v) is 0.500. The fraction of sp³-hybridized carbons (Fsp3) is 0.667. The van der Waals surface area contributed by atoms with Crippen LogP contribution in [0.25, 0.3) is 0 Å². The summed E-state index contributed by atoms with van der Waals surface area (Å²) in [5.41, 5.74) is 0. The van der Waals surface area contributed by atoms with E-state index in [0.29, 0.717) is 0 Å². The minimum Gasteiger partial charge on any atom is -1.00 e. The average Bonchev–Trinajstić information content (AvgIpc) is 1.46. The SMILES string of the molecule is C#N.CNC.Cl.[H-].[K+].[Ni]. The van der Waals surface area contributed by atoms with E-state index >= 15 is 0 Å². The Labute approximate surface area is 111 Å². The second kappa shape index (κ2) is 66.7. The summed E-state index contributed by atoms with van der Waals surface area (Å²) in [6, 6.07) is 0. The van der Waals surface area contributed by atoms with Gasteiger partial charge in [0.25, 0.3) is 0 Å². The molecule has 0 radical (unpaired) electrons. The first kappa shape index (κ1) is 32.7. The zero-order valence-electron chi connectivity index (χ0n) is 6.25. The van der Waals surface area contributed by atoms with Crippen molar-refractivity contribution in [2.75, 3.05) is 14.1 Å². The fourth-order valence-electron chi connectivity index (χ4n) is 0. The van der Waals surface area contributed by atoms with Crippen molar-refractivity contribution in [2.45, 2.75) is 0 Å². The molecule has 0 aromatic rings. The van der Waals surface area contributed by atoms with Crippen LogP contribution in [0.3, 0.4) is 0 Å². The van der Waals surface area contributed by atoms with Gasteiger partial charge in [-0.05, 0) is 14.1 Å². The molecule has 1 N–H and O–H groups in total. The summed E-state index contributed by atoms with van der Waals surface area (Å²) >= 11 is 0. The van der Waals surface area contributed by atoms with Crippen molar-refractivity contribution in [3.8, 4) is 6.57 Å². The summed E-state index contributed by atoms with van der Waals surface area (Å²) in [6.45, 7) is 3.50. The number of nitriles is 1. The van der Waals surface area contributed by atoms with E-state index in [1.54, 1.807) is 0 Å². The number of halogens is 1. The van der Waals surface area contributed by atoms with E-state index in [2.05, 4.69) is 11.9 Å². The Kier molecular flexibility index (Phi) is 273. The molecule has 50 valence electrons. The molecule has 5 heteroatoms. The van der Waals surface area contributed by atoms with Crippen LogP contribution < -0.4 is 56.7 Å². The fourth-order valence-corrected chi connectivity index (χ4v) is 0. The second-order valence-electron chi connectivity index (χ2n) is 0.500. The Morgan fingerprint density at radius 3 is 1.38 bits per heavy atom. The molecule has 0 spiro atoms. The van der Waals surface area contributed by atoms with Crippen LogP contribution in [-0.4, -0.2) is 14.1 Å². The molecule has 0 aliphatic rings. The van der Waals surface area contributed by atoms with Crippen LogP contribution in [0.2, 0.25) is 0 Å². The maximum absolute atomic E-state index is 6.50. The van der Waals surface area contributed by atoms with Crippen molar-refractivity contribution >= 4 is 12.4 Å². The van der Waals surface area contributed by atoms with Gasteiger partial charge in [-0.15, -0.1) is 12.4 Å². The van der Waals surface area contributed by atoms with Gasteiger partial charge >= 0.3 is 51.4 Å². The number of hydrogen-bond donors (Lipinski definition) is 1. The molecule has 0 aliphatic carbocycles. The summed E-state index contributed by atoms with van der Waals surface area (Å²) in [5.74, 6) is 0. The van der Waals surface area contributed by atoms with Crippen molar-refractivity contribution in [3.63, 3.8) is 0 Å². The molecule has 0 amide bonds. The smallest absolute Gasteiger partial charge is 1.00 e. The first-order chi connectivity index (χ1) is 2.41. The summed E-state index contributed by atoms with van der Waals surface area (Å²) in [4.78, 5) is 0. The number of nitrogens with zero attached hydrogens (tertiary/aromatic N) is 1. The van der Waals surface area contributed by atoms with Crippen LogP contribution in [0.5, 0.6) is 0 Å². The maximum Gasteiger partial charge on any atom is 1.00 e. The van der Waals surface area contributed by atoms with Crippen LogP contribution in [0.4, 0.5) is 0 Å². The molecule has 0 heterocycles. The Morgan fingerprint density at radius 2 is 1.38 bits per heavy atom. The predicted octanol–water partition coefficient (Wildman–Crippen LogP) is -2.49. The van der Waals surface area contributed by atoms with E-state index in [-0.39, 0.29) is 81.7 Å². The standard InChI is InChI=1S/C2H7N.CHN.ClH.K.Ni.H/c1-3-2;1-2;;;;/h3H,1-2H3;1H;1H;;;/q;;;+1;;-1. The third-order valence-electron chi connectivity index (χ3n) is 0. The van der Waals surface area contributed by atoms with Gasteiger partial charge < -0.3 is 6.74 Å². The molecule has 8 heavy (non-hydrogen) atoms. The normalized spacial score (nSPS) is 2.50. The maximum atomic E-state index is 6.50. The molecule has 0 unspecified atom stereocenters. The average molecular weight is 207 g/mol. The topological polar surface area (TPSA) is 35.8 Å².